The fourth-order valence-electron chi connectivity index (χ4n) is 1.61. The Morgan fingerprint density at radius 1 is 1.15 bits per heavy atom. The summed E-state index contributed by atoms with van der Waals surface area (Å²) in [4.78, 5) is 23.6. The average molecular weight is 408 g/mol. The van der Waals surface area contributed by atoms with Gasteiger partial charge in [0.05, 0.1) is 0 Å². The summed E-state index contributed by atoms with van der Waals surface area (Å²) in [6.07, 6.45) is 1.22. The van der Waals surface area contributed by atoms with Gasteiger partial charge in [-0.2, -0.15) is 0 Å². The van der Waals surface area contributed by atoms with Crippen molar-refractivity contribution in [2.45, 2.75) is 19.6 Å². The van der Waals surface area contributed by atoms with E-state index in [1.54, 1.807) is 0 Å². The minimum atomic E-state index is -1.30. The highest BCUT2D eigenvalue weighted by Crippen LogP contribution is 2.31. The molecule has 1 saturated heterocycles. The molecule has 2 rings (SSSR count). The highest BCUT2D eigenvalue weighted by atomic mass is 79.9. The molecule has 1 heterocycles. The molecule has 0 saturated carbocycles. The van der Waals surface area contributed by atoms with Crippen molar-refractivity contribution in [2.75, 3.05) is 0 Å². The maximum absolute atomic E-state index is 13.4. The first-order chi connectivity index (χ1) is 9.19. The van der Waals surface area contributed by atoms with Gasteiger partial charge in [0, 0.05) is 22.8 Å². The van der Waals surface area contributed by atoms with E-state index in [0.717, 1.165) is 0 Å². The van der Waals surface area contributed by atoms with E-state index in [1.165, 1.54) is 32.1 Å². The van der Waals surface area contributed by atoms with E-state index in [-0.39, 0.29) is 5.57 Å². The van der Waals surface area contributed by atoms with Gasteiger partial charge in [0.15, 0.2) is 0 Å². The maximum atomic E-state index is 13.4. The number of hydrogen-bond donors (Lipinski definition) is 0. The average Bonchev–Trinajstić information content (AvgIpc) is 2.28. The number of carbonyl (C=O) groups is 2. The van der Waals surface area contributed by atoms with Crippen molar-refractivity contribution in [1.82, 2.24) is 0 Å². The number of rotatable bonds is 1. The van der Waals surface area contributed by atoms with Gasteiger partial charge in [-0.25, -0.2) is 14.0 Å². The molecule has 0 amide bonds. The second-order valence-corrected chi connectivity index (χ2v) is 6.18. The Bertz CT molecular complexity index is 616. The monoisotopic (exact) mass is 406 g/mol. The Kier molecular flexibility index (Phi) is 4.02. The van der Waals surface area contributed by atoms with E-state index in [4.69, 9.17) is 9.47 Å². The molecule has 0 N–H and O–H groups in total. The smallest absolute Gasteiger partial charge is 0.348 e. The van der Waals surface area contributed by atoms with Gasteiger partial charge in [0.2, 0.25) is 0 Å². The summed E-state index contributed by atoms with van der Waals surface area (Å²) >= 11 is 6.40. The maximum Gasteiger partial charge on any atom is 0.348 e. The first kappa shape index (κ1) is 15.2. The molecular weight excluding hydrogens is 399 g/mol. The number of halogens is 3. The van der Waals surface area contributed by atoms with Crippen molar-refractivity contribution in [1.29, 1.82) is 0 Å². The first-order valence-electron chi connectivity index (χ1n) is 5.52. The molecule has 20 heavy (non-hydrogen) atoms. The quantitative estimate of drug-likeness (QED) is 0.309. The predicted octanol–water partition coefficient (Wildman–Crippen LogP) is 3.57. The number of esters is 2. The number of ether oxygens (including phenoxy) is 2. The number of carbonyl (C=O) groups excluding carboxylic acids is 2. The summed E-state index contributed by atoms with van der Waals surface area (Å²) in [6.45, 7) is 2.91. The van der Waals surface area contributed by atoms with Crippen LogP contribution < -0.4 is 0 Å². The summed E-state index contributed by atoms with van der Waals surface area (Å²) in [5, 5.41) is 0. The predicted molar refractivity (Wildman–Crippen MR) is 76.0 cm³/mol. The molecule has 1 aromatic carbocycles. The lowest BCUT2D eigenvalue weighted by molar-refractivity contribution is -0.222. The van der Waals surface area contributed by atoms with Crippen LogP contribution in [-0.4, -0.2) is 17.7 Å². The van der Waals surface area contributed by atoms with Crippen molar-refractivity contribution in [2.24, 2.45) is 0 Å². The summed E-state index contributed by atoms with van der Waals surface area (Å²) in [7, 11) is 0. The zero-order chi connectivity index (χ0) is 15.1. The molecule has 1 fully saturated rings. The lowest BCUT2D eigenvalue weighted by Gasteiger charge is -2.29. The lowest BCUT2D eigenvalue weighted by Crippen LogP contribution is -2.41. The summed E-state index contributed by atoms with van der Waals surface area (Å²) in [5.74, 6) is -3.42. The van der Waals surface area contributed by atoms with Crippen LogP contribution in [0.4, 0.5) is 4.39 Å². The normalized spacial score (nSPS) is 17.6. The number of benzene rings is 1. The Balaban J connectivity index is 2.46. The lowest BCUT2D eigenvalue weighted by atomic mass is 10.1. The number of cyclic esters (lactones) is 2. The van der Waals surface area contributed by atoms with Gasteiger partial charge in [0.1, 0.15) is 11.4 Å². The minimum Gasteiger partial charge on any atom is -0.419 e. The summed E-state index contributed by atoms with van der Waals surface area (Å²) in [5.41, 5.74) is 0.0306. The third kappa shape index (κ3) is 3.09. The van der Waals surface area contributed by atoms with Crippen LogP contribution in [-0.2, 0) is 19.1 Å². The van der Waals surface area contributed by atoms with Crippen molar-refractivity contribution < 1.29 is 23.5 Å². The van der Waals surface area contributed by atoms with E-state index < -0.39 is 23.5 Å². The van der Waals surface area contributed by atoms with E-state index in [1.807, 2.05) is 0 Å². The zero-order valence-corrected chi connectivity index (χ0v) is 13.7. The molecule has 0 aromatic heterocycles. The molecule has 106 valence electrons. The standard InChI is InChI=1S/C13H9Br2FO4/c1-13(2)19-11(17)8(12(18)20-13)4-6-3-7(16)5-9(14)10(6)15/h3-5H,1-2H3. The highest BCUT2D eigenvalue weighted by molar-refractivity contribution is 9.13. The fourth-order valence-corrected chi connectivity index (χ4v) is 2.41. The molecule has 0 radical (unpaired) electrons. The Hall–Kier alpha value is -1.21. The minimum absolute atomic E-state index is 0.289. The molecule has 4 nitrogen and oxygen atoms in total. The van der Waals surface area contributed by atoms with Gasteiger partial charge >= 0.3 is 11.9 Å². The SMILES string of the molecule is CC1(C)OC(=O)C(=Cc2cc(F)cc(Br)c2Br)C(=O)O1. The van der Waals surface area contributed by atoms with Crippen LogP contribution in [0.25, 0.3) is 6.08 Å². The van der Waals surface area contributed by atoms with E-state index in [2.05, 4.69) is 31.9 Å². The molecule has 0 spiro atoms. The molecule has 1 aromatic rings. The molecular formula is C13H9Br2FO4. The van der Waals surface area contributed by atoms with Gasteiger partial charge in [-0.3, -0.25) is 0 Å². The third-order valence-corrected chi connectivity index (χ3v) is 4.48. The van der Waals surface area contributed by atoms with Crippen LogP contribution in [0.15, 0.2) is 26.7 Å². The van der Waals surface area contributed by atoms with E-state index >= 15 is 0 Å². The second-order valence-electron chi connectivity index (χ2n) is 4.53. The summed E-state index contributed by atoms with van der Waals surface area (Å²) < 4.78 is 24.3. The Morgan fingerprint density at radius 3 is 2.25 bits per heavy atom. The molecule has 0 unspecified atom stereocenters. The summed E-state index contributed by atoms with van der Waals surface area (Å²) in [6, 6.07) is 2.44. The zero-order valence-electron chi connectivity index (χ0n) is 10.5. The molecule has 1 aliphatic rings. The van der Waals surface area contributed by atoms with Crippen LogP contribution in [0.5, 0.6) is 0 Å². The van der Waals surface area contributed by atoms with Crippen molar-refractivity contribution >= 4 is 49.9 Å². The van der Waals surface area contributed by atoms with Crippen LogP contribution in [0, 0.1) is 5.82 Å². The molecule has 0 atom stereocenters. The molecule has 1 aliphatic heterocycles. The van der Waals surface area contributed by atoms with Crippen LogP contribution in [0.3, 0.4) is 0 Å². The molecule has 0 aliphatic carbocycles. The third-order valence-electron chi connectivity index (χ3n) is 2.44. The van der Waals surface area contributed by atoms with E-state index in [9.17, 15) is 14.0 Å². The Morgan fingerprint density at radius 2 is 1.70 bits per heavy atom. The van der Waals surface area contributed by atoms with Crippen molar-refractivity contribution in [3.05, 3.63) is 38.0 Å². The fraction of sp³-hybridized carbons (Fsp3) is 0.231. The van der Waals surface area contributed by atoms with Gasteiger partial charge in [0.25, 0.3) is 5.79 Å². The van der Waals surface area contributed by atoms with Gasteiger partial charge in [-0.15, -0.1) is 0 Å². The molecule has 7 heteroatoms. The molecule has 0 bridgehead atoms. The van der Waals surface area contributed by atoms with Crippen LogP contribution in [0.1, 0.15) is 19.4 Å². The van der Waals surface area contributed by atoms with E-state index in [0.29, 0.717) is 14.5 Å². The van der Waals surface area contributed by atoms with Crippen LogP contribution >= 0.6 is 31.9 Å². The highest BCUT2D eigenvalue weighted by Gasteiger charge is 2.38. The first-order valence-corrected chi connectivity index (χ1v) is 7.11. The number of hydrogen-bond acceptors (Lipinski definition) is 4. The van der Waals surface area contributed by atoms with Gasteiger partial charge < -0.3 is 9.47 Å². The topological polar surface area (TPSA) is 52.6 Å². The van der Waals surface area contributed by atoms with Crippen LogP contribution in [0.2, 0.25) is 0 Å². The Labute approximate surface area is 131 Å². The van der Waals surface area contributed by atoms with Crippen molar-refractivity contribution in [3.8, 4) is 0 Å². The largest absolute Gasteiger partial charge is 0.419 e. The second kappa shape index (κ2) is 5.29. The van der Waals surface area contributed by atoms with Gasteiger partial charge in [-0.05, 0) is 55.6 Å². The van der Waals surface area contributed by atoms with Crippen molar-refractivity contribution in [3.63, 3.8) is 0 Å². The van der Waals surface area contributed by atoms with Gasteiger partial charge in [-0.1, -0.05) is 0 Å².